The van der Waals surface area contributed by atoms with Gasteiger partial charge in [-0.2, -0.15) is 0 Å². The third kappa shape index (κ3) is 12.0. The lowest BCUT2D eigenvalue weighted by molar-refractivity contribution is -0.160. The van der Waals surface area contributed by atoms with E-state index >= 15 is 9.59 Å². The summed E-state index contributed by atoms with van der Waals surface area (Å²) in [4.78, 5) is 44.7. The Labute approximate surface area is 484 Å². The van der Waals surface area contributed by atoms with Crippen molar-refractivity contribution >= 4 is 87.1 Å². The van der Waals surface area contributed by atoms with Crippen molar-refractivity contribution in [2.75, 3.05) is 42.4 Å². The number of carbonyl (C=O) groups is 2. The Morgan fingerprint density at radius 2 is 0.850 bits per heavy atom. The van der Waals surface area contributed by atoms with Crippen molar-refractivity contribution < 1.29 is 28.5 Å². The Morgan fingerprint density at radius 1 is 0.475 bits per heavy atom. The standard InChI is InChI=1S/C68H62Br2N4O6/c1-73(2)61(55-39-49-37-51(69)31-33-59(49)71-65(55)77-5)43-67(41-45-19-9-7-10-20-45,57-29-17-25-47-23-13-15-27-53(47)57)79-63(75)35-36-64(76)80-68(42-46-21-11-8-12-22-46,58-30-18-26-48-24-14-16-28-54(48)58)44-62(74(3)4)56-40-50-38-52(70)32-34-60(50)72-66(56)78-6/h7-40,61-62H,41-44H2,1-6H3/b36-35+/t61?,62?,67-,68-/m0/s1. The molecule has 2 unspecified atom stereocenters. The fraction of sp³-hybridized carbons (Fsp3) is 0.206. The molecule has 10 rings (SSSR count). The molecule has 0 amide bonds. The number of ether oxygens (including phenoxy) is 4. The van der Waals surface area contributed by atoms with Gasteiger partial charge in [0, 0.05) is 91.9 Å². The summed E-state index contributed by atoms with van der Waals surface area (Å²) >= 11 is 7.33. The number of benzene rings is 8. The third-order valence-corrected chi connectivity index (χ3v) is 16.1. The van der Waals surface area contributed by atoms with Crippen LogP contribution in [-0.2, 0) is 43.1 Å². The van der Waals surface area contributed by atoms with Gasteiger partial charge >= 0.3 is 11.9 Å². The second kappa shape index (κ2) is 24.3. The van der Waals surface area contributed by atoms with Crippen molar-refractivity contribution in [1.29, 1.82) is 0 Å². The summed E-state index contributed by atoms with van der Waals surface area (Å²) in [6.07, 6.45) is 3.54. The van der Waals surface area contributed by atoms with Crippen LogP contribution >= 0.6 is 31.9 Å². The first-order chi connectivity index (χ1) is 38.7. The minimum absolute atomic E-state index is 0.266. The molecule has 0 fully saturated rings. The summed E-state index contributed by atoms with van der Waals surface area (Å²) in [5.41, 5.74) is 4.02. The predicted octanol–water partition coefficient (Wildman–Crippen LogP) is 15.2. The zero-order valence-corrected chi connectivity index (χ0v) is 48.8. The van der Waals surface area contributed by atoms with Gasteiger partial charge in [0.05, 0.1) is 25.3 Å². The van der Waals surface area contributed by atoms with Crippen LogP contribution in [0.25, 0.3) is 43.4 Å². The van der Waals surface area contributed by atoms with Crippen molar-refractivity contribution in [3.05, 3.63) is 249 Å². The van der Waals surface area contributed by atoms with Gasteiger partial charge in [-0.3, -0.25) is 0 Å². The average Bonchev–Trinajstić information content (AvgIpc) is 3.56. The van der Waals surface area contributed by atoms with Crippen LogP contribution in [0.5, 0.6) is 11.8 Å². The first kappa shape index (κ1) is 55.6. The lowest BCUT2D eigenvalue weighted by Crippen LogP contribution is -2.40. The van der Waals surface area contributed by atoms with E-state index in [-0.39, 0.29) is 12.8 Å². The molecule has 0 aliphatic heterocycles. The van der Waals surface area contributed by atoms with E-state index in [1.54, 1.807) is 14.2 Å². The fourth-order valence-electron chi connectivity index (χ4n) is 11.4. The number of methoxy groups -OCH3 is 2. The Balaban J connectivity index is 1.10. The number of nitrogens with zero attached hydrogens (tertiary/aromatic N) is 4. The first-order valence-electron chi connectivity index (χ1n) is 26.5. The molecule has 10 nitrogen and oxygen atoms in total. The molecule has 404 valence electrons. The summed E-state index contributed by atoms with van der Waals surface area (Å²) in [6, 6.07) is 63.8. The second-order valence-electron chi connectivity index (χ2n) is 20.8. The van der Waals surface area contributed by atoms with E-state index in [9.17, 15) is 0 Å². The fourth-order valence-corrected chi connectivity index (χ4v) is 12.1. The molecule has 12 heteroatoms. The maximum absolute atomic E-state index is 15.2. The maximum Gasteiger partial charge on any atom is 0.331 e. The highest BCUT2D eigenvalue weighted by Gasteiger charge is 2.44. The number of halogens is 2. The van der Waals surface area contributed by atoms with E-state index in [1.165, 1.54) is 12.2 Å². The highest BCUT2D eigenvalue weighted by Crippen LogP contribution is 2.47. The summed E-state index contributed by atoms with van der Waals surface area (Å²) < 4.78 is 28.2. The predicted molar refractivity (Wildman–Crippen MR) is 327 cm³/mol. The minimum Gasteiger partial charge on any atom is -0.481 e. The van der Waals surface area contributed by atoms with Crippen LogP contribution in [0, 0.1) is 0 Å². The Kier molecular flexibility index (Phi) is 16.9. The van der Waals surface area contributed by atoms with Crippen LogP contribution in [0.4, 0.5) is 0 Å². The number of pyridine rings is 2. The third-order valence-electron chi connectivity index (χ3n) is 15.1. The molecule has 8 aromatic carbocycles. The van der Waals surface area contributed by atoms with Crippen LogP contribution in [0.15, 0.2) is 215 Å². The smallest absolute Gasteiger partial charge is 0.331 e. The van der Waals surface area contributed by atoms with Gasteiger partial charge in [0.25, 0.3) is 0 Å². The zero-order valence-electron chi connectivity index (χ0n) is 45.6. The van der Waals surface area contributed by atoms with Crippen molar-refractivity contribution in [3.63, 3.8) is 0 Å². The van der Waals surface area contributed by atoms with E-state index in [4.69, 9.17) is 28.9 Å². The highest BCUT2D eigenvalue weighted by atomic mass is 79.9. The van der Waals surface area contributed by atoms with Crippen molar-refractivity contribution in [2.24, 2.45) is 0 Å². The first-order valence-corrected chi connectivity index (χ1v) is 28.1. The molecule has 2 aromatic heterocycles. The molecule has 0 aliphatic rings. The molecule has 10 aromatic rings. The van der Waals surface area contributed by atoms with Crippen LogP contribution in [-0.4, -0.2) is 74.1 Å². The lowest BCUT2D eigenvalue weighted by Gasteiger charge is -2.40. The number of hydrogen-bond acceptors (Lipinski definition) is 10. The number of hydrogen-bond donors (Lipinski definition) is 0. The molecule has 0 saturated heterocycles. The Morgan fingerprint density at radius 3 is 1.24 bits per heavy atom. The van der Waals surface area contributed by atoms with Gasteiger partial charge in [-0.05, 0) is 109 Å². The second-order valence-corrected chi connectivity index (χ2v) is 22.6. The van der Waals surface area contributed by atoms with Crippen LogP contribution < -0.4 is 9.47 Å². The van der Waals surface area contributed by atoms with Crippen LogP contribution in [0.2, 0.25) is 0 Å². The van der Waals surface area contributed by atoms with Gasteiger partial charge in [-0.15, -0.1) is 0 Å². The molecule has 0 spiro atoms. The molecule has 0 saturated carbocycles. The molecule has 0 N–H and O–H groups in total. The lowest BCUT2D eigenvalue weighted by atomic mass is 9.78. The van der Waals surface area contributed by atoms with Gasteiger partial charge < -0.3 is 28.7 Å². The largest absolute Gasteiger partial charge is 0.481 e. The molecule has 0 aliphatic carbocycles. The molecule has 2 heterocycles. The van der Waals surface area contributed by atoms with Gasteiger partial charge in [0.15, 0.2) is 0 Å². The van der Waals surface area contributed by atoms with E-state index < -0.39 is 35.2 Å². The molecule has 0 bridgehead atoms. The molecule has 4 atom stereocenters. The van der Waals surface area contributed by atoms with Crippen molar-refractivity contribution in [1.82, 2.24) is 19.8 Å². The number of rotatable bonds is 20. The minimum atomic E-state index is -1.35. The van der Waals surface area contributed by atoms with Gasteiger partial charge in [0.1, 0.15) is 11.2 Å². The summed E-state index contributed by atoms with van der Waals surface area (Å²) in [5, 5.41) is 5.66. The summed E-state index contributed by atoms with van der Waals surface area (Å²) in [7, 11) is 11.3. The van der Waals surface area contributed by atoms with E-state index in [1.807, 2.05) is 174 Å². The number of fused-ring (bicyclic) bond motifs is 4. The Hall–Kier alpha value is -7.74. The topological polar surface area (TPSA) is 103 Å². The number of aromatic nitrogens is 2. The number of esters is 2. The summed E-state index contributed by atoms with van der Waals surface area (Å²) in [6.45, 7) is 0. The molecule has 80 heavy (non-hydrogen) atoms. The summed E-state index contributed by atoms with van der Waals surface area (Å²) in [5.74, 6) is -0.522. The quantitative estimate of drug-likeness (QED) is 0.0541. The SMILES string of the molecule is COc1nc2ccc(Br)cc2cc1C(C[C@](Cc1ccccc1)(OC(=O)/C=C/C(=O)O[C@@](Cc1ccccc1)(CC(c1cc2cc(Br)ccc2nc1OC)N(C)C)c1cccc2ccccc12)c1cccc2ccccc12)N(C)C. The van der Waals surface area contributed by atoms with Crippen molar-refractivity contribution in [2.45, 2.75) is 49.0 Å². The monoisotopic (exact) mass is 1190 g/mol. The van der Waals surface area contributed by atoms with E-state index in [2.05, 4.69) is 90.2 Å². The van der Waals surface area contributed by atoms with Gasteiger partial charge in [0.2, 0.25) is 11.8 Å². The van der Waals surface area contributed by atoms with E-state index in [0.29, 0.717) is 24.6 Å². The molecular formula is C68H62Br2N4O6. The van der Waals surface area contributed by atoms with E-state index in [0.717, 1.165) is 85.7 Å². The number of carbonyl (C=O) groups excluding carboxylic acids is 2. The highest BCUT2D eigenvalue weighted by molar-refractivity contribution is 9.10. The normalized spacial score (nSPS) is 14.1. The van der Waals surface area contributed by atoms with Gasteiger partial charge in [-0.25, -0.2) is 19.6 Å². The zero-order chi connectivity index (χ0) is 56.0. The maximum atomic E-state index is 15.2. The van der Waals surface area contributed by atoms with Gasteiger partial charge in [-0.1, -0.05) is 177 Å². The molecule has 0 radical (unpaired) electrons. The van der Waals surface area contributed by atoms with Crippen molar-refractivity contribution in [3.8, 4) is 11.8 Å². The van der Waals surface area contributed by atoms with Crippen LogP contribution in [0.1, 0.15) is 58.3 Å². The Bertz CT molecular complexity index is 3630. The average molecular weight is 1190 g/mol. The molecular weight excluding hydrogens is 1130 g/mol. The van der Waals surface area contributed by atoms with Crippen LogP contribution in [0.3, 0.4) is 0 Å².